The SMILES string of the molecule is O=[N+]([O-])c1cc(Cl)ccc1NC[C@]1(CCO)CCOC1. The summed E-state index contributed by atoms with van der Waals surface area (Å²) in [5.74, 6) is 0. The van der Waals surface area contributed by atoms with Gasteiger partial charge in [-0.05, 0) is 25.0 Å². The molecule has 0 aliphatic carbocycles. The molecule has 0 bridgehead atoms. The number of hydrogen-bond acceptors (Lipinski definition) is 5. The summed E-state index contributed by atoms with van der Waals surface area (Å²) in [7, 11) is 0. The van der Waals surface area contributed by atoms with E-state index >= 15 is 0 Å². The second-order valence-corrected chi connectivity index (χ2v) is 5.48. The normalized spacial score (nSPS) is 21.9. The molecule has 0 radical (unpaired) electrons. The topological polar surface area (TPSA) is 84.6 Å². The number of nitrogens with one attached hydrogen (secondary N) is 1. The van der Waals surface area contributed by atoms with E-state index in [1.54, 1.807) is 12.1 Å². The molecule has 1 heterocycles. The van der Waals surface area contributed by atoms with E-state index in [9.17, 15) is 10.1 Å². The van der Waals surface area contributed by atoms with Crippen molar-refractivity contribution in [2.24, 2.45) is 5.41 Å². The van der Waals surface area contributed by atoms with Crippen LogP contribution < -0.4 is 5.32 Å². The molecule has 7 heteroatoms. The fourth-order valence-electron chi connectivity index (χ4n) is 2.40. The highest BCUT2D eigenvalue weighted by molar-refractivity contribution is 6.30. The molecule has 1 aliphatic rings. The van der Waals surface area contributed by atoms with Crippen LogP contribution >= 0.6 is 11.6 Å². The summed E-state index contributed by atoms with van der Waals surface area (Å²) in [4.78, 5) is 10.6. The molecule has 1 atom stereocenters. The Hall–Kier alpha value is -1.37. The average Bonchev–Trinajstić information content (AvgIpc) is 2.86. The predicted octanol–water partition coefficient (Wildman–Crippen LogP) is 2.45. The van der Waals surface area contributed by atoms with E-state index in [4.69, 9.17) is 21.4 Å². The molecule has 20 heavy (non-hydrogen) atoms. The van der Waals surface area contributed by atoms with Crippen molar-refractivity contribution in [3.05, 3.63) is 33.3 Å². The highest BCUT2D eigenvalue weighted by Crippen LogP contribution is 2.34. The van der Waals surface area contributed by atoms with Crippen LogP contribution in [0, 0.1) is 15.5 Å². The Bertz CT molecular complexity index is 489. The minimum absolute atomic E-state index is 0.0458. The van der Waals surface area contributed by atoms with Gasteiger partial charge in [0.25, 0.3) is 5.69 Å². The minimum atomic E-state index is -0.460. The number of nitrogens with zero attached hydrogens (tertiary/aromatic N) is 1. The Morgan fingerprint density at radius 2 is 2.35 bits per heavy atom. The first-order valence-corrected chi connectivity index (χ1v) is 6.81. The van der Waals surface area contributed by atoms with E-state index < -0.39 is 4.92 Å². The number of aliphatic hydroxyl groups excluding tert-OH is 1. The van der Waals surface area contributed by atoms with E-state index in [1.807, 2.05) is 0 Å². The zero-order valence-electron chi connectivity index (χ0n) is 11.0. The molecule has 1 fully saturated rings. The summed E-state index contributed by atoms with van der Waals surface area (Å²) in [6.45, 7) is 1.82. The van der Waals surface area contributed by atoms with Gasteiger partial charge in [0, 0.05) is 36.3 Å². The molecule has 110 valence electrons. The van der Waals surface area contributed by atoms with Gasteiger partial charge in [0.1, 0.15) is 5.69 Å². The van der Waals surface area contributed by atoms with Gasteiger partial charge >= 0.3 is 0 Å². The zero-order chi connectivity index (χ0) is 14.6. The smallest absolute Gasteiger partial charge is 0.293 e. The van der Waals surface area contributed by atoms with Gasteiger partial charge < -0.3 is 15.2 Å². The molecule has 1 aliphatic heterocycles. The van der Waals surface area contributed by atoms with Crippen LogP contribution in [0.25, 0.3) is 0 Å². The molecular weight excluding hydrogens is 284 g/mol. The lowest BCUT2D eigenvalue weighted by Gasteiger charge is -2.27. The molecule has 1 aromatic rings. The highest BCUT2D eigenvalue weighted by atomic mass is 35.5. The van der Waals surface area contributed by atoms with Crippen LogP contribution in [0.1, 0.15) is 12.8 Å². The van der Waals surface area contributed by atoms with Crippen molar-refractivity contribution in [3.63, 3.8) is 0 Å². The molecule has 6 nitrogen and oxygen atoms in total. The lowest BCUT2D eigenvalue weighted by atomic mass is 9.84. The van der Waals surface area contributed by atoms with E-state index in [0.717, 1.165) is 6.42 Å². The van der Waals surface area contributed by atoms with Crippen LogP contribution in [0.2, 0.25) is 5.02 Å². The Labute approximate surface area is 121 Å². The average molecular weight is 301 g/mol. The monoisotopic (exact) mass is 300 g/mol. The molecule has 1 aromatic carbocycles. The highest BCUT2D eigenvalue weighted by Gasteiger charge is 2.34. The van der Waals surface area contributed by atoms with E-state index in [2.05, 4.69) is 5.32 Å². The molecular formula is C13H17ClN2O4. The van der Waals surface area contributed by atoms with Crippen molar-refractivity contribution < 1.29 is 14.8 Å². The Kier molecular flexibility index (Phi) is 4.80. The molecule has 2 N–H and O–H groups in total. The first-order chi connectivity index (χ1) is 9.56. The maximum absolute atomic E-state index is 11.0. The van der Waals surface area contributed by atoms with Crippen LogP contribution in [0.5, 0.6) is 0 Å². The van der Waals surface area contributed by atoms with Gasteiger partial charge in [0.05, 0.1) is 11.5 Å². The number of halogens is 1. The lowest BCUT2D eigenvalue weighted by molar-refractivity contribution is -0.383. The van der Waals surface area contributed by atoms with Crippen LogP contribution in [-0.2, 0) is 4.74 Å². The first kappa shape index (κ1) is 15.0. The molecule has 2 rings (SSSR count). The van der Waals surface area contributed by atoms with Crippen molar-refractivity contribution in [3.8, 4) is 0 Å². The summed E-state index contributed by atoms with van der Waals surface area (Å²) in [6, 6.07) is 4.54. The van der Waals surface area contributed by atoms with Gasteiger partial charge in [-0.25, -0.2) is 0 Å². The molecule has 0 saturated carbocycles. The van der Waals surface area contributed by atoms with Crippen molar-refractivity contribution in [1.82, 2.24) is 0 Å². The van der Waals surface area contributed by atoms with Crippen LogP contribution in [-0.4, -0.2) is 36.4 Å². The number of hydrogen-bond donors (Lipinski definition) is 2. The van der Waals surface area contributed by atoms with Crippen molar-refractivity contribution >= 4 is 23.0 Å². The summed E-state index contributed by atoms with van der Waals surface area (Å²) in [5, 5.41) is 23.6. The van der Waals surface area contributed by atoms with Gasteiger partial charge in [-0.1, -0.05) is 11.6 Å². The van der Waals surface area contributed by atoms with E-state index in [1.165, 1.54) is 6.07 Å². The van der Waals surface area contributed by atoms with E-state index in [-0.39, 0.29) is 17.7 Å². The van der Waals surface area contributed by atoms with Crippen LogP contribution in [0.4, 0.5) is 11.4 Å². The summed E-state index contributed by atoms with van der Waals surface area (Å²) >= 11 is 5.78. The minimum Gasteiger partial charge on any atom is -0.396 e. The maximum Gasteiger partial charge on any atom is 0.293 e. The van der Waals surface area contributed by atoms with Gasteiger partial charge in [-0.15, -0.1) is 0 Å². The molecule has 0 aromatic heterocycles. The summed E-state index contributed by atoms with van der Waals surface area (Å²) < 4.78 is 5.39. The second kappa shape index (κ2) is 6.39. The third kappa shape index (κ3) is 3.39. The second-order valence-electron chi connectivity index (χ2n) is 5.05. The first-order valence-electron chi connectivity index (χ1n) is 6.43. The number of nitro benzene ring substituents is 1. The van der Waals surface area contributed by atoms with Crippen molar-refractivity contribution in [1.29, 1.82) is 0 Å². The van der Waals surface area contributed by atoms with Crippen LogP contribution in [0.3, 0.4) is 0 Å². The fourth-order valence-corrected chi connectivity index (χ4v) is 2.57. The largest absolute Gasteiger partial charge is 0.396 e. The quantitative estimate of drug-likeness (QED) is 0.622. The number of aliphatic hydroxyl groups is 1. The molecule has 1 saturated heterocycles. The fraction of sp³-hybridized carbons (Fsp3) is 0.538. The number of anilines is 1. The van der Waals surface area contributed by atoms with Gasteiger partial charge in [-0.2, -0.15) is 0 Å². The van der Waals surface area contributed by atoms with E-state index in [0.29, 0.717) is 36.9 Å². The standard InChI is InChI=1S/C13H17ClN2O4/c14-10-1-2-11(12(7-10)16(18)19)15-8-13(3-5-17)4-6-20-9-13/h1-2,7,15,17H,3-6,8-9H2/t13-/m0/s1. The third-order valence-corrected chi connectivity index (χ3v) is 3.87. The Morgan fingerprint density at radius 3 is 2.95 bits per heavy atom. The number of benzene rings is 1. The Morgan fingerprint density at radius 1 is 1.55 bits per heavy atom. The number of ether oxygens (including phenoxy) is 1. The predicted molar refractivity (Wildman–Crippen MR) is 76.2 cm³/mol. The van der Waals surface area contributed by atoms with Gasteiger partial charge in [0.15, 0.2) is 0 Å². The third-order valence-electron chi connectivity index (χ3n) is 3.64. The number of rotatable bonds is 6. The molecule has 0 unspecified atom stereocenters. The summed E-state index contributed by atoms with van der Waals surface area (Å²) in [5.41, 5.74) is 0.224. The number of nitro groups is 1. The maximum atomic E-state index is 11.0. The lowest BCUT2D eigenvalue weighted by Crippen LogP contribution is -2.31. The summed E-state index contributed by atoms with van der Waals surface area (Å²) in [6.07, 6.45) is 1.45. The van der Waals surface area contributed by atoms with Gasteiger partial charge in [-0.3, -0.25) is 10.1 Å². The molecule has 0 spiro atoms. The van der Waals surface area contributed by atoms with Crippen LogP contribution in [0.15, 0.2) is 18.2 Å². The zero-order valence-corrected chi connectivity index (χ0v) is 11.7. The van der Waals surface area contributed by atoms with Gasteiger partial charge in [0.2, 0.25) is 0 Å². The Balaban J connectivity index is 2.12. The van der Waals surface area contributed by atoms with Crippen molar-refractivity contribution in [2.45, 2.75) is 12.8 Å². The molecule has 0 amide bonds. The van der Waals surface area contributed by atoms with Crippen molar-refractivity contribution in [2.75, 3.05) is 31.7 Å².